The number of amides is 1. The molecule has 0 fully saturated rings. The molecule has 0 saturated carbocycles. The van der Waals surface area contributed by atoms with Gasteiger partial charge in [-0.15, -0.1) is 0 Å². The molecule has 1 aliphatic rings. The molecule has 0 saturated heterocycles. The third-order valence-electron chi connectivity index (χ3n) is 4.75. The largest absolute Gasteiger partial charge is 0.496 e. The zero-order chi connectivity index (χ0) is 19.4. The van der Waals surface area contributed by atoms with Gasteiger partial charge in [-0.3, -0.25) is 4.79 Å². The first-order valence-corrected chi connectivity index (χ1v) is 9.30. The Hall–Kier alpha value is -2.69. The number of benzene rings is 2. The first-order valence-electron chi connectivity index (χ1n) is 9.30. The van der Waals surface area contributed by atoms with Crippen LogP contribution < -0.4 is 19.5 Å². The first kappa shape index (κ1) is 19.1. The Labute approximate surface area is 160 Å². The molecule has 1 heterocycles. The predicted octanol–water partition coefficient (Wildman–Crippen LogP) is 3.83. The Bertz CT molecular complexity index is 816. The highest BCUT2D eigenvalue weighted by Gasteiger charge is 2.21. The van der Waals surface area contributed by atoms with E-state index in [4.69, 9.17) is 14.2 Å². The van der Waals surface area contributed by atoms with E-state index >= 15 is 0 Å². The van der Waals surface area contributed by atoms with Gasteiger partial charge in [-0.25, -0.2) is 0 Å². The summed E-state index contributed by atoms with van der Waals surface area (Å²) in [4.78, 5) is 12.7. The van der Waals surface area contributed by atoms with Crippen molar-refractivity contribution in [1.29, 1.82) is 0 Å². The molecule has 2 aromatic carbocycles. The summed E-state index contributed by atoms with van der Waals surface area (Å²) in [6.45, 7) is 7.29. The van der Waals surface area contributed by atoms with Crippen LogP contribution in [0.15, 0.2) is 36.4 Å². The predicted molar refractivity (Wildman–Crippen MR) is 105 cm³/mol. The average Bonchev–Trinajstić information content (AvgIpc) is 2.67. The lowest BCUT2D eigenvalue weighted by atomic mass is 9.95. The molecule has 1 amide bonds. The average molecular weight is 369 g/mol. The molecule has 0 radical (unpaired) electrons. The summed E-state index contributed by atoms with van der Waals surface area (Å²) in [6.07, 6.45) is 0.310. The standard InChI is InChI=1S/C22H27NO4/c1-14(2)22(17-7-8-18-20(13-17)27-10-9-26-18)23-21(24)12-16-6-5-15(3)19(11-16)25-4/h5-8,11,13-14,22H,9-10,12H2,1-4H3,(H,23,24)/t22-/m0/s1. The highest BCUT2D eigenvalue weighted by Crippen LogP contribution is 2.34. The van der Waals surface area contributed by atoms with Gasteiger partial charge in [-0.05, 0) is 47.7 Å². The van der Waals surface area contributed by atoms with Gasteiger partial charge in [0.1, 0.15) is 19.0 Å². The van der Waals surface area contributed by atoms with Crippen molar-refractivity contribution in [3.8, 4) is 17.2 Å². The van der Waals surface area contributed by atoms with Crippen molar-refractivity contribution >= 4 is 5.91 Å². The normalized spacial score (nSPS) is 14.0. The van der Waals surface area contributed by atoms with Crippen LogP contribution in [0.2, 0.25) is 0 Å². The molecule has 5 heteroatoms. The van der Waals surface area contributed by atoms with E-state index in [1.807, 2.05) is 43.3 Å². The molecule has 27 heavy (non-hydrogen) atoms. The minimum atomic E-state index is -0.0966. The number of carbonyl (C=O) groups excluding carboxylic acids is 1. The maximum absolute atomic E-state index is 12.7. The highest BCUT2D eigenvalue weighted by atomic mass is 16.6. The smallest absolute Gasteiger partial charge is 0.224 e. The van der Waals surface area contributed by atoms with E-state index in [9.17, 15) is 4.79 Å². The molecule has 1 aliphatic heterocycles. The van der Waals surface area contributed by atoms with E-state index < -0.39 is 0 Å². The lowest BCUT2D eigenvalue weighted by molar-refractivity contribution is -0.121. The highest BCUT2D eigenvalue weighted by molar-refractivity contribution is 5.79. The van der Waals surface area contributed by atoms with Crippen molar-refractivity contribution in [3.63, 3.8) is 0 Å². The molecule has 0 aliphatic carbocycles. The van der Waals surface area contributed by atoms with E-state index in [2.05, 4.69) is 19.2 Å². The van der Waals surface area contributed by atoms with E-state index in [1.54, 1.807) is 7.11 Å². The maximum Gasteiger partial charge on any atom is 0.224 e. The van der Waals surface area contributed by atoms with E-state index in [0.29, 0.717) is 19.6 Å². The van der Waals surface area contributed by atoms with Crippen LogP contribution in [0, 0.1) is 12.8 Å². The lowest BCUT2D eigenvalue weighted by Gasteiger charge is -2.25. The number of fused-ring (bicyclic) bond motifs is 1. The Morgan fingerprint density at radius 3 is 2.56 bits per heavy atom. The van der Waals surface area contributed by atoms with Gasteiger partial charge in [0.25, 0.3) is 0 Å². The summed E-state index contributed by atoms with van der Waals surface area (Å²) in [5.74, 6) is 2.51. The number of carbonyl (C=O) groups is 1. The Kier molecular flexibility index (Phi) is 5.89. The van der Waals surface area contributed by atoms with Crippen molar-refractivity contribution in [3.05, 3.63) is 53.1 Å². The molecule has 0 unspecified atom stereocenters. The second-order valence-electron chi connectivity index (χ2n) is 7.17. The van der Waals surface area contributed by atoms with E-state index in [-0.39, 0.29) is 17.9 Å². The minimum absolute atomic E-state index is 0.0190. The number of ether oxygens (including phenoxy) is 3. The first-order chi connectivity index (χ1) is 13.0. The number of aryl methyl sites for hydroxylation is 1. The Balaban J connectivity index is 1.73. The SMILES string of the molecule is COc1cc(CC(=O)N[C@H](c2ccc3c(c2)OCCO3)C(C)C)ccc1C. The monoisotopic (exact) mass is 369 g/mol. The molecule has 5 nitrogen and oxygen atoms in total. The van der Waals surface area contributed by atoms with Gasteiger partial charge in [0.2, 0.25) is 5.91 Å². The molecule has 2 aromatic rings. The molecule has 1 atom stereocenters. The number of methoxy groups -OCH3 is 1. The van der Waals surface area contributed by atoms with Gasteiger partial charge in [0, 0.05) is 0 Å². The molecule has 0 bridgehead atoms. The van der Waals surface area contributed by atoms with Crippen LogP contribution in [0.5, 0.6) is 17.2 Å². The van der Waals surface area contributed by atoms with Gasteiger partial charge in [-0.2, -0.15) is 0 Å². The zero-order valence-corrected chi connectivity index (χ0v) is 16.4. The number of rotatable bonds is 6. The second kappa shape index (κ2) is 8.33. The molecule has 3 rings (SSSR count). The topological polar surface area (TPSA) is 56.8 Å². The fourth-order valence-electron chi connectivity index (χ4n) is 3.27. The van der Waals surface area contributed by atoms with Gasteiger partial charge in [0.15, 0.2) is 11.5 Å². The quantitative estimate of drug-likeness (QED) is 0.841. The van der Waals surface area contributed by atoms with Crippen LogP contribution in [0.25, 0.3) is 0 Å². The molecule has 0 aromatic heterocycles. The number of nitrogens with one attached hydrogen (secondary N) is 1. The zero-order valence-electron chi connectivity index (χ0n) is 16.4. The van der Waals surface area contributed by atoms with Gasteiger partial charge in [-0.1, -0.05) is 32.0 Å². The van der Waals surface area contributed by atoms with Crippen LogP contribution in [0.1, 0.15) is 36.6 Å². The summed E-state index contributed by atoms with van der Waals surface area (Å²) in [7, 11) is 1.64. The Morgan fingerprint density at radius 1 is 1.11 bits per heavy atom. The minimum Gasteiger partial charge on any atom is -0.496 e. The third kappa shape index (κ3) is 4.54. The van der Waals surface area contributed by atoms with Crippen molar-refractivity contribution < 1.29 is 19.0 Å². The molecular weight excluding hydrogens is 342 g/mol. The van der Waals surface area contributed by atoms with Crippen LogP contribution in [-0.2, 0) is 11.2 Å². The fourth-order valence-corrected chi connectivity index (χ4v) is 3.27. The molecule has 144 valence electrons. The summed E-state index contributed by atoms with van der Waals surface area (Å²) < 4.78 is 16.6. The molecule has 0 spiro atoms. The third-order valence-corrected chi connectivity index (χ3v) is 4.75. The number of hydrogen-bond donors (Lipinski definition) is 1. The second-order valence-corrected chi connectivity index (χ2v) is 7.17. The van der Waals surface area contributed by atoms with Gasteiger partial charge in [0.05, 0.1) is 19.6 Å². The van der Waals surface area contributed by atoms with Crippen LogP contribution >= 0.6 is 0 Å². The van der Waals surface area contributed by atoms with Gasteiger partial charge >= 0.3 is 0 Å². The number of hydrogen-bond acceptors (Lipinski definition) is 4. The van der Waals surface area contributed by atoms with Crippen LogP contribution in [-0.4, -0.2) is 26.2 Å². The lowest BCUT2D eigenvalue weighted by Crippen LogP contribution is -2.33. The van der Waals surface area contributed by atoms with E-state index in [1.165, 1.54) is 0 Å². The summed E-state index contributed by atoms with van der Waals surface area (Å²) in [5, 5.41) is 3.16. The summed E-state index contributed by atoms with van der Waals surface area (Å²) in [5.41, 5.74) is 3.00. The Morgan fingerprint density at radius 2 is 1.85 bits per heavy atom. The molecular formula is C22H27NO4. The van der Waals surface area contributed by atoms with Gasteiger partial charge < -0.3 is 19.5 Å². The van der Waals surface area contributed by atoms with Crippen molar-refractivity contribution in [2.45, 2.75) is 33.2 Å². The van der Waals surface area contributed by atoms with Crippen LogP contribution in [0.3, 0.4) is 0 Å². The van der Waals surface area contributed by atoms with Crippen molar-refractivity contribution in [2.24, 2.45) is 5.92 Å². The van der Waals surface area contributed by atoms with Crippen molar-refractivity contribution in [2.75, 3.05) is 20.3 Å². The van der Waals surface area contributed by atoms with E-state index in [0.717, 1.165) is 33.9 Å². The van der Waals surface area contributed by atoms with Crippen molar-refractivity contribution in [1.82, 2.24) is 5.32 Å². The fraction of sp³-hybridized carbons (Fsp3) is 0.409. The summed E-state index contributed by atoms with van der Waals surface area (Å²) >= 11 is 0. The summed E-state index contributed by atoms with van der Waals surface area (Å²) in [6, 6.07) is 11.6. The maximum atomic E-state index is 12.7. The molecule has 1 N–H and O–H groups in total. The van der Waals surface area contributed by atoms with Crippen LogP contribution in [0.4, 0.5) is 0 Å².